The summed E-state index contributed by atoms with van der Waals surface area (Å²) in [6.45, 7) is 4.63. The molecule has 2 bridgehead atoms. The SMILES string of the molecule is CC1(C)CC=CC2=Cc3occc3C=C1C2. The molecule has 0 fully saturated rings. The van der Waals surface area contributed by atoms with E-state index in [-0.39, 0.29) is 5.41 Å². The van der Waals surface area contributed by atoms with Crippen LogP contribution in [0.3, 0.4) is 0 Å². The molecule has 0 amide bonds. The molecule has 1 heteroatoms. The van der Waals surface area contributed by atoms with Crippen molar-refractivity contribution in [1.82, 2.24) is 0 Å². The van der Waals surface area contributed by atoms with Gasteiger partial charge in [0.2, 0.25) is 0 Å². The van der Waals surface area contributed by atoms with Gasteiger partial charge in [-0.25, -0.2) is 0 Å². The first-order valence-corrected chi connectivity index (χ1v) is 5.81. The summed E-state index contributed by atoms with van der Waals surface area (Å²) < 4.78 is 5.50. The van der Waals surface area contributed by atoms with Gasteiger partial charge >= 0.3 is 0 Å². The van der Waals surface area contributed by atoms with E-state index in [1.54, 1.807) is 6.26 Å². The highest BCUT2D eigenvalue weighted by Crippen LogP contribution is 2.41. The molecular formula is C15H16O. The summed E-state index contributed by atoms with van der Waals surface area (Å²) >= 11 is 0. The summed E-state index contributed by atoms with van der Waals surface area (Å²) in [5.74, 6) is 0.993. The fraction of sp³-hybridized carbons (Fsp3) is 0.333. The monoisotopic (exact) mass is 212 g/mol. The minimum Gasteiger partial charge on any atom is -0.464 e. The van der Waals surface area contributed by atoms with Gasteiger partial charge in [0, 0.05) is 5.56 Å². The van der Waals surface area contributed by atoms with Gasteiger partial charge in [-0.2, -0.15) is 0 Å². The second kappa shape index (κ2) is 3.24. The first-order chi connectivity index (χ1) is 7.65. The van der Waals surface area contributed by atoms with Crippen molar-refractivity contribution in [2.45, 2.75) is 26.7 Å². The van der Waals surface area contributed by atoms with Crippen LogP contribution in [0.15, 0.2) is 40.0 Å². The predicted octanol–water partition coefficient (Wildman–Crippen LogP) is 4.44. The van der Waals surface area contributed by atoms with E-state index in [1.807, 2.05) is 0 Å². The molecule has 0 aliphatic heterocycles. The number of hydrogen-bond acceptors (Lipinski definition) is 1. The summed E-state index contributed by atoms with van der Waals surface area (Å²) in [7, 11) is 0. The van der Waals surface area contributed by atoms with Crippen molar-refractivity contribution in [3.63, 3.8) is 0 Å². The maximum absolute atomic E-state index is 5.50. The van der Waals surface area contributed by atoms with Gasteiger partial charge in [0.15, 0.2) is 0 Å². The normalized spacial score (nSPS) is 21.6. The molecular weight excluding hydrogens is 196 g/mol. The molecule has 0 atom stereocenters. The van der Waals surface area contributed by atoms with Crippen LogP contribution >= 0.6 is 0 Å². The molecule has 0 radical (unpaired) electrons. The highest BCUT2D eigenvalue weighted by molar-refractivity contribution is 5.70. The van der Waals surface area contributed by atoms with Gasteiger partial charge in [0.05, 0.1) is 6.26 Å². The van der Waals surface area contributed by atoms with Gasteiger partial charge < -0.3 is 4.42 Å². The fourth-order valence-electron chi connectivity index (χ4n) is 2.42. The molecule has 1 aromatic heterocycles. The first-order valence-electron chi connectivity index (χ1n) is 5.81. The summed E-state index contributed by atoms with van der Waals surface area (Å²) in [5.41, 5.74) is 4.33. The lowest BCUT2D eigenvalue weighted by Gasteiger charge is -2.25. The van der Waals surface area contributed by atoms with Crippen molar-refractivity contribution in [2.24, 2.45) is 5.41 Å². The van der Waals surface area contributed by atoms with Crippen molar-refractivity contribution in [2.75, 3.05) is 0 Å². The van der Waals surface area contributed by atoms with Crippen LogP contribution in [0.1, 0.15) is 38.0 Å². The average Bonchev–Trinajstić information content (AvgIpc) is 2.50. The number of allylic oxidation sites excluding steroid dienone is 4. The molecule has 0 aromatic carbocycles. The van der Waals surface area contributed by atoms with Gasteiger partial charge in [-0.3, -0.25) is 0 Å². The van der Waals surface area contributed by atoms with Crippen molar-refractivity contribution in [3.8, 4) is 0 Å². The Morgan fingerprint density at radius 2 is 2.12 bits per heavy atom. The van der Waals surface area contributed by atoms with Crippen LogP contribution in [0.25, 0.3) is 12.2 Å². The lowest BCUT2D eigenvalue weighted by molar-refractivity contribution is 0.452. The zero-order valence-electron chi connectivity index (χ0n) is 9.79. The predicted molar refractivity (Wildman–Crippen MR) is 66.8 cm³/mol. The van der Waals surface area contributed by atoms with Gasteiger partial charge in [-0.1, -0.05) is 37.6 Å². The van der Waals surface area contributed by atoms with E-state index < -0.39 is 0 Å². The Balaban J connectivity index is 2.22. The van der Waals surface area contributed by atoms with E-state index in [0.717, 1.165) is 18.6 Å². The van der Waals surface area contributed by atoms with E-state index in [0.29, 0.717) is 0 Å². The quantitative estimate of drug-likeness (QED) is 0.619. The second-order valence-corrected chi connectivity index (χ2v) is 5.30. The maximum Gasteiger partial charge on any atom is 0.134 e. The molecule has 2 aliphatic carbocycles. The molecule has 1 nitrogen and oxygen atoms in total. The standard InChI is InChI=1S/C15H16O/c1-15(2)6-3-4-11-8-13(15)10-12-5-7-16-14(12)9-11/h3-5,7,9-10H,6,8H2,1-2H3. The largest absolute Gasteiger partial charge is 0.464 e. The Morgan fingerprint density at radius 3 is 3.00 bits per heavy atom. The zero-order chi connectivity index (χ0) is 11.2. The molecule has 0 N–H and O–H groups in total. The van der Waals surface area contributed by atoms with Crippen LogP contribution < -0.4 is 0 Å². The Bertz CT molecular complexity index is 509. The van der Waals surface area contributed by atoms with Crippen molar-refractivity contribution < 1.29 is 4.42 Å². The fourth-order valence-corrected chi connectivity index (χ4v) is 2.42. The van der Waals surface area contributed by atoms with Crippen LogP contribution in [0.5, 0.6) is 0 Å². The molecule has 0 unspecified atom stereocenters. The summed E-state index contributed by atoms with van der Waals surface area (Å²) in [6, 6.07) is 2.05. The molecule has 0 saturated carbocycles. The lowest BCUT2D eigenvalue weighted by atomic mass is 9.79. The van der Waals surface area contributed by atoms with E-state index in [4.69, 9.17) is 4.42 Å². The average molecular weight is 212 g/mol. The highest BCUT2D eigenvalue weighted by atomic mass is 16.3. The maximum atomic E-state index is 5.50. The molecule has 16 heavy (non-hydrogen) atoms. The lowest BCUT2D eigenvalue weighted by Crippen LogP contribution is -2.12. The number of furan rings is 1. The van der Waals surface area contributed by atoms with Crippen molar-refractivity contribution in [1.29, 1.82) is 0 Å². The van der Waals surface area contributed by atoms with Crippen molar-refractivity contribution in [3.05, 3.63) is 47.0 Å². The number of fused-ring (bicyclic) bond motifs is 3. The molecule has 2 aliphatic rings. The van der Waals surface area contributed by atoms with Crippen LogP contribution in [0.4, 0.5) is 0 Å². The van der Waals surface area contributed by atoms with Crippen LogP contribution in [0, 0.1) is 5.41 Å². The third kappa shape index (κ3) is 1.47. The van der Waals surface area contributed by atoms with E-state index in [1.165, 1.54) is 16.7 Å². The third-order valence-electron chi connectivity index (χ3n) is 3.60. The van der Waals surface area contributed by atoms with Gasteiger partial charge in [0.25, 0.3) is 0 Å². The Kier molecular flexibility index (Phi) is 1.97. The van der Waals surface area contributed by atoms with Crippen molar-refractivity contribution >= 4 is 12.2 Å². The van der Waals surface area contributed by atoms with E-state index in [2.05, 4.69) is 44.2 Å². The Hall–Kier alpha value is -1.50. The highest BCUT2D eigenvalue weighted by Gasteiger charge is 2.26. The van der Waals surface area contributed by atoms with Crippen LogP contribution in [-0.4, -0.2) is 0 Å². The topological polar surface area (TPSA) is 13.1 Å². The third-order valence-corrected chi connectivity index (χ3v) is 3.60. The molecule has 1 aromatic rings. The molecule has 82 valence electrons. The smallest absolute Gasteiger partial charge is 0.134 e. The summed E-state index contributed by atoms with van der Waals surface area (Å²) in [6.07, 6.45) is 12.9. The zero-order valence-corrected chi connectivity index (χ0v) is 9.79. The molecule has 3 rings (SSSR count). The van der Waals surface area contributed by atoms with Gasteiger partial charge in [-0.15, -0.1) is 0 Å². The van der Waals surface area contributed by atoms with Crippen LogP contribution in [0.2, 0.25) is 0 Å². The Morgan fingerprint density at radius 1 is 1.25 bits per heavy atom. The number of rotatable bonds is 0. The van der Waals surface area contributed by atoms with Gasteiger partial charge in [0.1, 0.15) is 5.76 Å². The Labute approximate surface area is 96.2 Å². The minimum atomic E-state index is 0.255. The minimum absolute atomic E-state index is 0.255. The van der Waals surface area contributed by atoms with E-state index in [9.17, 15) is 0 Å². The van der Waals surface area contributed by atoms with Gasteiger partial charge in [-0.05, 0) is 36.0 Å². The van der Waals surface area contributed by atoms with Crippen LogP contribution in [-0.2, 0) is 0 Å². The second-order valence-electron chi connectivity index (χ2n) is 5.30. The van der Waals surface area contributed by atoms with E-state index >= 15 is 0 Å². The summed E-state index contributed by atoms with van der Waals surface area (Å²) in [4.78, 5) is 0. The molecule has 0 saturated heterocycles. The molecule has 0 spiro atoms. The molecule has 1 heterocycles. The summed E-state index contributed by atoms with van der Waals surface area (Å²) in [5, 5.41) is 0. The number of hydrogen-bond donors (Lipinski definition) is 0. The first kappa shape index (κ1) is 9.71.